The summed E-state index contributed by atoms with van der Waals surface area (Å²) in [5.41, 5.74) is 2.32. The highest BCUT2D eigenvalue weighted by Gasteiger charge is 2.20. The SMILES string of the molecule is CC(=O)Nc1ncc(CN2CCNC(Cc3ccc(C)nc3)C2)s1. The lowest BCUT2D eigenvalue weighted by Gasteiger charge is -2.33. The van der Waals surface area contributed by atoms with Gasteiger partial charge in [-0.25, -0.2) is 4.98 Å². The summed E-state index contributed by atoms with van der Waals surface area (Å²) in [7, 11) is 0. The molecule has 1 amide bonds. The van der Waals surface area contributed by atoms with Gasteiger partial charge in [0.2, 0.25) is 5.91 Å². The maximum atomic E-state index is 11.1. The largest absolute Gasteiger partial charge is 0.311 e. The van der Waals surface area contributed by atoms with Crippen LogP contribution in [0.1, 0.15) is 23.1 Å². The van der Waals surface area contributed by atoms with Gasteiger partial charge in [0.1, 0.15) is 0 Å². The minimum absolute atomic E-state index is 0.0788. The zero-order valence-electron chi connectivity index (χ0n) is 14.1. The van der Waals surface area contributed by atoms with Crippen LogP contribution in [0, 0.1) is 6.92 Å². The van der Waals surface area contributed by atoms with E-state index in [1.165, 1.54) is 17.4 Å². The molecule has 7 heteroatoms. The van der Waals surface area contributed by atoms with Gasteiger partial charge >= 0.3 is 0 Å². The first-order valence-corrected chi connectivity index (χ1v) is 9.00. The molecule has 3 rings (SSSR count). The van der Waals surface area contributed by atoms with Crippen molar-refractivity contribution in [1.29, 1.82) is 0 Å². The number of nitrogens with zero attached hydrogens (tertiary/aromatic N) is 3. The Balaban J connectivity index is 1.54. The second-order valence-corrected chi connectivity index (χ2v) is 7.33. The van der Waals surface area contributed by atoms with Crippen molar-refractivity contribution in [2.45, 2.75) is 32.9 Å². The molecule has 0 bridgehead atoms. The normalized spacial score (nSPS) is 18.5. The van der Waals surface area contributed by atoms with Crippen molar-refractivity contribution in [3.8, 4) is 0 Å². The highest BCUT2D eigenvalue weighted by molar-refractivity contribution is 7.15. The van der Waals surface area contributed by atoms with Crippen LogP contribution in [0.5, 0.6) is 0 Å². The molecule has 6 nitrogen and oxygen atoms in total. The number of aromatic nitrogens is 2. The third-order valence-electron chi connectivity index (χ3n) is 4.01. The predicted octanol–water partition coefficient (Wildman–Crippen LogP) is 1.82. The van der Waals surface area contributed by atoms with Crippen LogP contribution in [0.15, 0.2) is 24.5 Å². The molecule has 2 N–H and O–H groups in total. The van der Waals surface area contributed by atoms with Gasteiger partial charge < -0.3 is 10.6 Å². The van der Waals surface area contributed by atoms with Crippen molar-refractivity contribution in [2.75, 3.05) is 25.0 Å². The monoisotopic (exact) mass is 345 g/mol. The number of thiazole rings is 1. The first-order valence-electron chi connectivity index (χ1n) is 8.18. The van der Waals surface area contributed by atoms with Crippen LogP contribution < -0.4 is 10.6 Å². The Morgan fingerprint density at radius 3 is 3.04 bits per heavy atom. The Bertz CT molecular complexity index is 685. The van der Waals surface area contributed by atoms with Crippen LogP contribution >= 0.6 is 11.3 Å². The smallest absolute Gasteiger partial charge is 0.223 e. The molecule has 1 fully saturated rings. The number of pyridine rings is 1. The van der Waals surface area contributed by atoms with Gasteiger partial charge in [-0.2, -0.15) is 0 Å². The lowest BCUT2D eigenvalue weighted by atomic mass is 10.1. The first-order chi connectivity index (χ1) is 11.6. The fourth-order valence-electron chi connectivity index (χ4n) is 2.89. The van der Waals surface area contributed by atoms with E-state index in [9.17, 15) is 4.79 Å². The number of nitrogens with one attached hydrogen (secondary N) is 2. The van der Waals surface area contributed by atoms with E-state index in [1.807, 2.05) is 19.3 Å². The van der Waals surface area contributed by atoms with Crippen molar-refractivity contribution in [3.05, 3.63) is 40.7 Å². The molecule has 24 heavy (non-hydrogen) atoms. The van der Waals surface area contributed by atoms with E-state index in [2.05, 4.69) is 37.6 Å². The Hall–Kier alpha value is -1.83. The molecule has 2 aromatic heterocycles. The van der Waals surface area contributed by atoms with Gasteiger partial charge in [-0.15, -0.1) is 11.3 Å². The second-order valence-electron chi connectivity index (χ2n) is 6.21. The number of rotatable bonds is 5. The van der Waals surface area contributed by atoms with Gasteiger partial charge in [0.25, 0.3) is 0 Å². The molecule has 1 aliphatic heterocycles. The number of hydrogen-bond acceptors (Lipinski definition) is 6. The number of anilines is 1. The molecule has 2 aromatic rings. The number of amides is 1. The molecule has 1 aliphatic rings. The van der Waals surface area contributed by atoms with Crippen LogP contribution in [0.25, 0.3) is 0 Å². The zero-order chi connectivity index (χ0) is 16.9. The Kier molecular flexibility index (Phi) is 5.55. The van der Waals surface area contributed by atoms with Crippen molar-refractivity contribution in [2.24, 2.45) is 0 Å². The van der Waals surface area contributed by atoms with E-state index in [4.69, 9.17) is 0 Å². The quantitative estimate of drug-likeness (QED) is 0.865. The molecule has 3 heterocycles. The van der Waals surface area contributed by atoms with Gasteiger partial charge in [-0.05, 0) is 25.0 Å². The van der Waals surface area contributed by atoms with E-state index >= 15 is 0 Å². The van der Waals surface area contributed by atoms with E-state index in [1.54, 1.807) is 11.3 Å². The van der Waals surface area contributed by atoms with Gasteiger partial charge in [0.15, 0.2) is 5.13 Å². The van der Waals surface area contributed by atoms with E-state index < -0.39 is 0 Å². The molecular weight excluding hydrogens is 322 g/mol. The number of hydrogen-bond donors (Lipinski definition) is 2. The molecular formula is C17H23N5OS. The van der Waals surface area contributed by atoms with Crippen LogP contribution in [-0.2, 0) is 17.8 Å². The predicted molar refractivity (Wildman–Crippen MR) is 96.2 cm³/mol. The highest BCUT2D eigenvalue weighted by Crippen LogP contribution is 2.20. The second kappa shape index (κ2) is 7.83. The molecule has 0 saturated carbocycles. The molecule has 0 aromatic carbocycles. The molecule has 0 spiro atoms. The molecule has 0 aliphatic carbocycles. The molecule has 1 atom stereocenters. The minimum Gasteiger partial charge on any atom is -0.311 e. The number of carbonyl (C=O) groups excluding carboxylic acids is 1. The van der Waals surface area contributed by atoms with E-state index in [0.717, 1.165) is 38.3 Å². The third kappa shape index (κ3) is 4.83. The average molecular weight is 345 g/mol. The van der Waals surface area contributed by atoms with Crippen molar-refractivity contribution >= 4 is 22.4 Å². The van der Waals surface area contributed by atoms with Crippen molar-refractivity contribution < 1.29 is 4.79 Å². The topological polar surface area (TPSA) is 70.2 Å². The summed E-state index contributed by atoms with van der Waals surface area (Å²) in [6, 6.07) is 4.66. The van der Waals surface area contributed by atoms with E-state index in [-0.39, 0.29) is 5.91 Å². The lowest BCUT2D eigenvalue weighted by Crippen LogP contribution is -2.51. The maximum Gasteiger partial charge on any atom is 0.223 e. The van der Waals surface area contributed by atoms with Gasteiger partial charge in [0, 0.05) is 62.1 Å². The number of piperazine rings is 1. The summed E-state index contributed by atoms with van der Waals surface area (Å²) < 4.78 is 0. The Labute approximate surface area is 146 Å². The Morgan fingerprint density at radius 2 is 2.29 bits per heavy atom. The molecule has 1 saturated heterocycles. The highest BCUT2D eigenvalue weighted by atomic mass is 32.1. The lowest BCUT2D eigenvalue weighted by molar-refractivity contribution is -0.114. The van der Waals surface area contributed by atoms with Crippen LogP contribution in [0.4, 0.5) is 5.13 Å². The fourth-order valence-corrected chi connectivity index (χ4v) is 3.79. The molecule has 0 radical (unpaired) electrons. The summed E-state index contributed by atoms with van der Waals surface area (Å²) in [5, 5.41) is 7.01. The van der Waals surface area contributed by atoms with Crippen molar-refractivity contribution in [3.63, 3.8) is 0 Å². The first kappa shape index (κ1) is 17.0. The standard InChI is InChI=1S/C17H23N5OS/c1-12-3-4-14(8-19-12)7-15-10-22(6-5-18-15)11-16-9-20-17(24-16)21-13(2)23/h3-4,8-9,15,18H,5-7,10-11H2,1-2H3,(H,20,21,23). The molecule has 1 unspecified atom stereocenters. The summed E-state index contributed by atoms with van der Waals surface area (Å²) in [4.78, 5) is 23.3. The Morgan fingerprint density at radius 1 is 1.42 bits per heavy atom. The molecule has 128 valence electrons. The summed E-state index contributed by atoms with van der Waals surface area (Å²) in [5.74, 6) is -0.0788. The fraction of sp³-hybridized carbons (Fsp3) is 0.471. The van der Waals surface area contributed by atoms with Crippen molar-refractivity contribution in [1.82, 2.24) is 20.2 Å². The average Bonchev–Trinajstić information content (AvgIpc) is 2.96. The van der Waals surface area contributed by atoms with Crippen LogP contribution in [-0.4, -0.2) is 46.5 Å². The summed E-state index contributed by atoms with van der Waals surface area (Å²) in [6.45, 7) is 7.40. The summed E-state index contributed by atoms with van der Waals surface area (Å²) in [6.07, 6.45) is 4.82. The number of carbonyl (C=O) groups is 1. The third-order valence-corrected chi connectivity index (χ3v) is 4.91. The van der Waals surface area contributed by atoms with Gasteiger partial charge in [-0.3, -0.25) is 14.7 Å². The van der Waals surface area contributed by atoms with E-state index in [0.29, 0.717) is 11.2 Å². The number of aryl methyl sites for hydroxylation is 1. The van der Waals surface area contributed by atoms with Crippen LogP contribution in [0.2, 0.25) is 0 Å². The minimum atomic E-state index is -0.0788. The van der Waals surface area contributed by atoms with Gasteiger partial charge in [0.05, 0.1) is 0 Å². The zero-order valence-corrected chi connectivity index (χ0v) is 14.9. The van der Waals surface area contributed by atoms with Gasteiger partial charge in [-0.1, -0.05) is 6.07 Å². The maximum absolute atomic E-state index is 11.1. The van der Waals surface area contributed by atoms with Crippen LogP contribution in [0.3, 0.4) is 0 Å². The summed E-state index contributed by atoms with van der Waals surface area (Å²) >= 11 is 1.55.